The second-order valence-electron chi connectivity index (χ2n) is 7.97. The summed E-state index contributed by atoms with van der Waals surface area (Å²) in [5, 5.41) is 16.2. The van der Waals surface area contributed by atoms with Crippen molar-refractivity contribution >= 4 is 23.1 Å². The second kappa shape index (κ2) is 8.50. The summed E-state index contributed by atoms with van der Waals surface area (Å²) >= 11 is 0. The van der Waals surface area contributed by atoms with Crippen molar-refractivity contribution in [1.82, 2.24) is 29.7 Å². The number of fused-ring (bicyclic) bond motifs is 1. The number of amides is 1. The van der Waals surface area contributed by atoms with Gasteiger partial charge in [-0.05, 0) is 39.7 Å². The Hall–Kier alpha value is -2.46. The number of likely N-dealkylation sites (tertiary alicyclic amines) is 1. The lowest BCUT2D eigenvalue weighted by Gasteiger charge is -2.32. The number of aromatic nitrogens is 4. The van der Waals surface area contributed by atoms with Crippen molar-refractivity contribution in [1.29, 1.82) is 0 Å². The van der Waals surface area contributed by atoms with Gasteiger partial charge in [0.05, 0.1) is 6.33 Å². The number of nitrogens with one attached hydrogen (secondary N) is 2. The van der Waals surface area contributed by atoms with Crippen LogP contribution in [0.15, 0.2) is 6.33 Å². The molecule has 3 N–H and O–H groups in total. The van der Waals surface area contributed by atoms with Gasteiger partial charge < -0.3 is 29.9 Å². The van der Waals surface area contributed by atoms with Crippen LogP contribution in [0.1, 0.15) is 45.0 Å². The summed E-state index contributed by atoms with van der Waals surface area (Å²) in [6.45, 7) is 6.81. The highest BCUT2D eigenvalue weighted by Crippen LogP contribution is 2.24. The van der Waals surface area contributed by atoms with Crippen LogP contribution >= 0.6 is 0 Å². The minimum absolute atomic E-state index is 0.0133. The van der Waals surface area contributed by atoms with Crippen molar-refractivity contribution in [2.75, 3.05) is 31.5 Å². The Morgan fingerprint density at radius 1 is 1.34 bits per heavy atom. The lowest BCUT2D eigenvalue weighted by atomic mass is 10.1. The summed E-state index contributed by atoms with van der Waals surface area (Å²) in [5.74, 6) is 1.00. The number of hydrogen-bond acceptors (Lipinski definition) is 8. The summed E-state index contributed by atoms with van der Waals surface area (Å²) in [7, 11) is 0. The van der Waals surface area contributed by atoms with Gasteiger partial charge in [-0.2, -0.15) is 0 Å². The van der Waals surface area contributed by atoms with Crippen LogP contribution in [-0.4, -0.2) is 73.9 Å². The van der Waals surface area contributed by atoms with Gasteiger partial charge in [-0.3, -0.25) is 0 Å². The molecule has 2 aliphatic heterocycles. The van der Waals surface area contributed by atoms with Gasteiger partial charge in [0.25, 0.3) is 0 Å². The van der Waals surface area contributed by atoms with E-state index in [1.807, 2.05) is 4.57 Å². The molecule has 0 aliphatic carbocycles. The number of hydrogen-bond donors (Lipinski definition) is 3. The molecule has 1 amide bonds. The predicted octanol–water partition coefficient (Wildman–Crippen LogP) is 1.27. The molecular formula is C19H29N7O3. The molecule has 4 heterocycles. The Morgan fingerprint density at radius 2 is 2.14 bits per heavy atom. The van der Waals surface area contributed by atoms with Crippen LogP contribution in [-0.2, 0) is 11.3 Å². The molecule has 2 fully saturated rings. The third-order valence-corrected chi connectivity index (χ3v) is 5.54. The minimum Gasteiger partial charge on any atom is -0.445 e. The Kier molecular flexibility index (Phi) is 5.81. The Bertz CT molecular complexity index is 855. The third-order valence-electron chi connectivity index (χ3n) is 5.54. The van der Waals surface area contributed by atoms with E-state index in [1.54, 1.807) is 11.2 Å². The van der Waals surface area contributed by atoms with Gasteiger partial charge in [-0.25, -0.2) is 19.7 Å². The quantitative estimate of drug-likeness (QED) is 0.683. The minimum atomic E-state index is -0.228. The second-order valence-corrected chi connectivity index (χ2v) is 7.97. The van der Waals surface area contributed by atoms with Crippen molar-refractivity contribution in [3.63, 3.8) is 0 Å². The number of carbonyl (C=O) groups is 1. The largest absolute Gasteiger partial charge is 0.445 e. The number of aliphatic hydroxyl groups excluding tert-OH is 1. The average molecular weight is 403 g/mol. The number of carbonyl (C=O) groups excluding carboxylic acids is 1. The van der Waals surface area contributed by atoms with Crippen LogP contribution in [0.5, 0.6) is 0 Å². The van der Waals surface area contributed by atoms with Gasteiger partial charge in [0.1, 0.15) is 18.2 Å². The first kappa shape index (κ1) is 19.8. The summed E-state index contributed by atoms with van der Waals surface area (Å²) in [5.41, 5.74) is 1.42. The first-order chi connectivity index (χ1) is 14.0. The van der Waals surface area contributed by atoms with E-state index < -0.39 is 0 Å². The fourth-order valence-corrected chi connectivity index (χ4v) is 3.86. The molecule has 10 nitrogen and oxygen atoms in total. The van der Waals surface area contributed by atoms with Crippen LogP contribution in [0.3, 0.4) is 0 Å². The SMILES string of the molecule is CC(C)n1cnc2c(NC3CCN(C(=O)O[C@H]4CCNC4)CC3)nc(CO)nc21. The zero-order valence-electron chi connectivity index (χ0n) is 17.0. The number of anilines is 1. The summed E-state index contributed by atoms with van der Waals surface area (Å²) < 4.78 is 7.53. The average Bonchev–Trinajstić information content (AvgIpc) is 3.38. The number of rotatable bonds is 5. The highest BCUT2D eigenvalue weighted by molar-refractivity contribution is 5.83. The summed E-state index contributed by atoms with van der Waals surface area (Å²) in [6, 6.07) is 0.375. The zero-order chi connectivity index (χ0) is 20.4. The molecule has 2 aromatic heterocycles. The molecule has 2 aliphatic rings. The molecule has 0 spiro atoms. The van der Waals surface area contributed by atoms with Gasteiger partial charge in [0.2, 0.25) is 0 Å². The molecule has 29 heavy (non-hydrogen) atoms. The molecule has 0 radical (unpaired) electrons. The summed E-state index contributed by atoms with van der Waals surface area (Å²) in [6.07, 6.45) is 3.99. The van der Waals surface area contributed by atoms with Gasteiger partial charge >= 0.3 is 6.09 Å². The third kappa shape index (κ3) is 4.27. The van der Waals surface area contributed by atoms with Crippen LogP contribution in [0.4, 0.5) is 10.6 Å². The first-order valence-corrected chi connectivity index (χ1v) is 10.3. The highest BCUT2D eigenvalue weighted by atomic mass is 16.6. The van der Waals surface area contributed by atoms with Crippen molar-refractivity contribution in [3.05, 3.63) is 12.2 Å². The molecule has 2 saturated heterocycles. The Labute approximate surface area is 169 Å². The van der Waals surface area contributed by atoms with E-state index in [2.05, 4.69) is 39.4 Å². The number of ether oxygens (including phenoxy) is 1. The number of imidazole rings is 1. The molecule has 158 valence electrons. The normalized spacial score (nSPS) is 20.6. The molecule has 10 heteroatoms. The summed E-state index contributed by atoms with van der Waals surface area (Å²) in [4.78, 5) is 27.5. The van der Waals surface area contributed by atoms with Crippen LogP contribution in [0, 0.1) is 0 Å². The molecule has 0 aromatic carbocycles. The van der Waals surface area contributed by atoms with E-state index in [9.17, 15) is 9.90 Å². The molecule has 2 aromatic rings. The lowest BCUT2D eigenvalue weighted by Crippen LogP contribution is -2.44. The van der Waals surface area contributed by atoms with Crippen molar-refractivity contribution in [2.24, 2.45) is 0 Å². The van der Waals surface area contributed by atoms with Gasteiger partial charge in [-0.15, -0.1) is 0 Å². The maximum absolute atomic E-state index is 12.3. The molecule has 0 saturated carbocycles. The zero-order valence-corrected chi connectivity index (χ0v) is 17.0. The standard InChI is InChI=1S/C19H29N7O3/c1-12(2)26-11-21-16-17(23-15(10-27)24-18(16)26)22-13-4-7-25(8-5-13)19(28)29-14-3-6-20-9-14/h11-14,20,27H,3-10H2,1-2H3,(H,22,23,24)/t14-/m0/s1. The predicted molar refractivity (Wildman–Crippen MR) is 108 cm³/mol. The molecular weight excluding hydrogens is 374 g/mol. The maximum atomic E-state index is 12.3. The lowest BCUT2D eigenvalue weighted by molar-refractivity contribution is 0.0641. The fraction of sp³-hybridized carbons (Fsp3) is 0.684. The van der Waals surface area contributed by atoms with Crippen molar-refractivity contribution < 1.29 is 14.6 Å². The van der Waals surface area contributed by atoms with Crippen LogP contribution in [0.25, 0.3) is 11.2 Å². The monoisotopic (exact) mass is 403 g/mol. The number of nitrogens with zero attached hydrogens (tertiary/aromatic N) is 5. The van der Waals surface area contributed by atoms with Crippen molar-refractivity contribution in [2.45, 2.75) is 57.9 Å². The van der Waals surface area contributed by atoms with E-state index in [4.69, 9.17) is 4.74 Å². The number of aliphatic hydroxyl groups is 1. The van der Waals surface area contributed by atoms with E-state index in [1.165, 1.54) is 0 Å². The molecule has 4 rings (SSSR count). The Morgan fingerprint density at radius 3 is 2.79 bits per heavy atom. The highest BCUT2D eigenvalue weighted by Gasteiger charge is 2.27. The van der Waals surface area contributed by atoms with Gasteiger partial charge in [0, 0.05) is 31.7 Å². The first-order valence-electron chi connectivity index (χ1n) is 10.3. The van der Waals surface area contributed by atoms with Crippen LogP contribution < -0.4 is 10.6 Å². The van der Waals surface area contributed by atoms with E-state index >= 15 is 0 Å². The Balaban J connectivity index is 1.41. The number of piperidine rings is 1. The van der Waals surface area contributed by atoms with E-state index in [0.29, 0.717) is 35.9 Å². The van der Waals surface area contributed by atoms with Crippen molar-refractivity contribution in [3.8, 4) is 0 Å². The van der Waals surface area contributed by atoms with Crippen LogP contribution in [0.2, 0.25) is 0 Å². The van der Waals surface area contributed by atoms with E-state index in [0.717, 1.165) is 32.4 Å². The topological polar surface area (TPSA) is 117 Å². The van der Waals surface area contributed by atoms with Gasteiger partial charge in [-0.1, -0.05) is 0 Å². The smallest absolute Gasteiger partial charge is 0.410 e. The van der Waals surface area contributed by atoms with E-state index in [-0.39, 0.29) is 30.9 Å². The molecule has 1 atom stereocenters. The molecule has 0 unspecified atom stereocenters. The van der Waals surface area contributed by atoms with Gasteiger partial charge in [0.15, 0.2) is 17.3 Å². The molecule has 0 bridgehead atoms. The maximum Gasteiger partial charge on any atom is 0.410 e. The fourth-order valence-electron chi connectivity index (χ4n) is 3.86.